The number of nitrogens with one attached hydrogen (secondary N) is 1. The fourth-order valence-electron chi connectivity index (χ4n) is 5.20. The summed E-state index contributed by atoms with van der Waals surface area (Å²) in [6.07, 6.45) is -2.94. The standard InChI is InChI=1S/C29H32F3N5O3/c1-2-19-15-21(20-10-12-37(13-11-20)28(39)40)8-9-24(19)35-27-34-17-23(29(30,31)32)26(36-27)22(16-25(33)38)14-18-6-4-3-5-7-18/h3-9,15,17,20,22H,2,10-14,16H2,1H3,(H2,33,38)(H,39,40)(H,34,35,36). The molecule has 1 unspecified atom stereocenters. The van der Waals surface area contributed by atoms with Crippen LogP contribution < -0.4 is 11.1 Å². The summed E-state index contributed by atoms with van der Waals surface area (Å²) in [6.45, 7) is 2.91. The number of anilines is 2. The molecule has 1 aromatic heterocycles. The first kappa shape index (κ1) is 28.8. The van der Waals surface area contributed by atoms with Gasteiger partial charge >= 0.3 is 12.3 Å². The lowest BCUT2D eigenvalue weighted by Crippen LogP contribution is -2.36. The van der Waals surface area contributed by atoms with Crippen LogP contribution >= 0.6 is 0 Å². The van der Waals surface area contributed by atoms with E-state index >= 15 is 0 Å². The fourth-order valence-corrected chi connectivity index (χ4v) is 5.20. The van der Waals surface area contributed by atoms with Crippen molar-refractivity contribution in [1.29, 1.82) is 0 Å². The average molecular weight is 556 g/mol. The van der Waals surface area contributed by atoms with Crippen LogP contribution in [0.1, 0.15) is 66.0 Å². The number of primary amides is 1. The second-order valence-corrected chi connectivity index (χ2v) is 9.99. The van der Waals surface area contributed by atoms with Crippen molar-refractivity contribution < 1.29 is 27.9 Å². The highest BCUT2D eigenvalue weighted by molar-refractivity contribution is 5.75. The topological polar surface area (TPSA) is 121 Å². The molecule has 11 heteroatoms. The zero-order valence-corrected chi connectivity index (χ0v) is 22.1. The van der Waals surface area contributed by atoms with Crippen LogP contribution in [0.2, 0.25) is 0 Å². The van der Waals surface area contributed by atoms with Crippen LogP contribution in [0.15, 0.2) is 54.7 Å². The third-order valence-electron chi connectivity index (χ3n) is 7.28. The van der Waals surface area contributed by atoms with Gasteiger partial charge in [0.2, 0.25) is 11.9 Å². The van der Waals surface area contributed by atoms with Crippen LogP contribution in [0.25, 0.3) is 0 Å². The number of alkyl halides is 3. The Morgan fingerprint density at radius 2 is 1.85 bits per heavy atom. The van der Waals surface area contributed by atoms with Crippen molar-refractivity contribution >= 4 is 23.6 Å². The molecule has 2 amide bonds. The smallest absolute Gasteiger partial charge is 0.419 e. The van der Waals surface area contributed by atoms with E-state index in [0.29, 0.717) is 25.2 Å². The maximum atomic E-state index is 14.0. The van der Waals surface area contributed by atoms with Gasteiger partial charge in [0, 0.05) is 37.3 Å². The summed E-state index contributed by atoms with van der Waals surface area (Å²) in [4.78, 5) is 32.7. The van der Waals surface area contributed by atoms with Crippen molar-refractivity contribution in [2.24, 2.45) is 5.73 Å². The number of aryl methyl sites for hydroxylation is 1. The quantitative estimate of drug-likeness (QED) is 0.304. The van der Waals surface area contributed by atoms with E-state index in [1.165, 1.54) is 4.90 Å². The highest BCUT2D eigenvalue weighted by Crippen LogP contribution is 2.37. The Morgan fingerprint density at radius 3 is 2.45 bits per heavy atom. The number of hydrogen-bond acceptors (Lipinski definition) is 5. The average Bonchev–Trinajstić information content (AvgIpc) is 2.92. The largest absolute Gasteiger partial charge is 0.465 e. The minimum absolute atomic E-state index is 0.0113. The molecule has 8 nitrogen and oxygen atoms in total. The number of carboxylic acid groups (broad SMARTS) is 1. The van der Waals surface area contributed by atoms with E-state index in [2.05, 4.69) is 15.3 Å². The normalized spacial score (nSPS) is 15.1. The van der Waals surface area contributed by atoms with Gasteiger partial charge in [0.25, 0.3) is 0 Å². The lowest BCUT2D eigenvalue weighted by molar-refractivity contribution is -0.139. The molecule has 1 aliphatic rings. The van der Waals surface area contributed by atoms with E-state index in [1.807, 2.05) is 25.1 Å². The molecule has 4 N–H and O–H groups in total. The van der Waals surface area contributed by atoms with Gasteiger partial charge in [0.1, 0.15) is 0 Å². The molecule has 212 valence electrons. The number of amides is 2. The third-order valence-corrected chi connectivity index (χ3v) is 7.28. The highest BCUT2D eigenvalue weighted by Gasteiger charge is 2.37. The molecule has 0 bridgehead atoms. The molecule has 0 saturated carbocycles. The molecule has 0 radical (unpaired) electrons. The second-order valence-electron chi connectivity index (χ2n) is 9.99. The van der Waals surface area contributed by atoms with Gasteiger partial charge in [0.15, 0.2) is 0 Å². The highest BCUT2D eigenvalue weighted by atomic mass is 19.4. The van der Waals surface area contributed by atoms with Crippen LogP contribution in [-0.2, 0) is 23.8 Å². The van der Waals surface area contributed by atoms with Crippen LogP contribution in [0.5, 0.6) is 0 Å². The summed E-state index contributed by atoms with van der Waals surface area (Å²) in [5.74, 6) is -1.41. The van der Waals surface area contributed by atoms with E-state index in [0.717, 1.165) is 35.7 Å². The van der Waals surface area contributed by atoms with Gasteiger partial charge in [-0.15, -0.1) is 0 Å². The van der Waals surface area contributed by atoms with Gasteiger partial charge in [-0.05, 0) is 54.4 Å². The first-order valence-corrected chi connectivity index (χ1v) is 13.2. The number of nitrogens with zero attached hydrogens (tertiary/aromatic N) is 3. The third kappa shape index (κ3) is 7.08. The maximum absolute atomic E-state index is 14.0. The van der Waals surface area contributed by atoms with Crippen molar-refractivity contribution in [2.45, 2.75) is 57.0 Å². The zero-order valence-electron chi connectivity index (χ0n) is 22.1. The van der Waals surface area contributed by atoms with Crippen molar-refractivity contribution in [3.05, 3.63) is 82.7 Å². The Hall–Kier alpha value is -4.15. The molecule has 1 fully saturated rings. The summed E-state index contributed by atoms with van der Waals surface area (Å²) in [5.41, 5.74) is 7.58. The Kier molecular flexibility index (Phi) is 8.91. The van der Waals surface area contributed by atoms with Crippen LogP contribution in [0.3, 0.4) is 0 Å². The minimum atomic E-state index is -4.72. The Morgan fingerprint density at radius 1 is 1.15 bits per heavy atom. The molecule has 0 spiro atoms. The number of piperidine rings is 1. The summed E-state index contributed by atoms with van der Waals surface area (Å²) in [7, 11) is 0. The summed E-state index contributed by atoms with van der Waals surface area (Å²) >= 11 is 0. The van der Waals surface area contributed by atoms with Crippen molar-refractivity contribution in [2.75, 3.05) is 18.4 Å². The van der Waals surface area contributed by atoms with Crippen molar-refractivity contribution in [1.82, 2.24) is 14.9 Å². The molecular weight excluding hydrogens is 523 g/mol. The number of aromatic nitrogens is 2. The number of rotatable bonds is 9. The molecule has 3 aromatic rings. The second kappa shape index (κ2) is 12.4. The van der Waals surface area contributed by atoms with Crippen LogP contribution in [0.4, 0.5) is 29.6 Å². The molecule has 40 heavy (non-hydrogen) atoms. The van der Waals surface area contributed by atoms with Gasteiger partial charge in [-0.1, -0.05) is 49.4 Å². The monoisotopic (exact) mass is 555 g/mol. The first-order valence-electron chi connectivity index (χ1n) is 13.2. The van der Waals surface area contributed by atoms with Crippen molar-refractivity contribution in [3.63, 3.8) is 0 Å². The lowest BCUT2D eigenvalue weighted by Gasteiger charge is -2.30. The molecule has 4 rings (SSSR count). The summed E-state index contributed by atoms with van der Waals surface area (Å²) in [6, 6.07) is 14.8. The Bertz CT molecular complexity index is 1340. The Labute approximate surface area is 230 Å². The molecule has 1 atom stereocenters. The van der Waals surface area contributed by atoms with Gasteiger partial charge in [-0.3, -0.25) is 4.79 Å². The minimum Gasteiger partial charge on any atom is -0.465 e. The van der Waals surface area contributed by atoms with Gasteiger partial charge in [0.05, 0.1) is 11.3 Å². The molecule has 1 aliphatic heterocycles. The zero-order chi connectivity index (χ0) is 28.9. The number of benzene rings is 2. The Balaban J connectivity index is 1.63. The number of carbonyl (C=O) groups excluding carboxylic acids is 1. The molecule has 2 aromatic carbocycles. The van der Waals surface area contributed by atoms with Gasteiger partial charge in [-0.25, -0.2) is 14.8 Å². The maximum Gasteiger partial charge on any atom is 0.419 e. The van der Waals surface area contributed by atoms with E-state index < -0.39 is 29.7 Å². The summed E-state index contributed by atoms with van der Waals surface area (Å²) in [5, 5.41) is 12.3. The van der Waals surface area contributed by atoms with E-state index in [4.69, 9.17) is 5.73 Å². The first-order chi connectivity index (χ1) is 19.0. The molecular formula is C29H32F3N5O3. The van der Waals surface area contributed by atoms with E-state index in [-0.39, 0.29) is 30.4 Å². The number of nitrogens with two attached hydrogens (primary N) is 1. The number of halogens is 3. The number of carbonyl (C=O) groups is 2. The predicted octanol–water partition coefficient (Wildman–Crippen LogP) is 5.86. The fraction of sp³-hybridized carbons (Fsp3) is 0.379. The number of likely N-dealkylation sites (tertiary alicyclic amines) is 1. The summed E-state index contributed by atoms with van der Waals surface area (Å²) < 4.78 is 42.0. The molecule has 0 aliphatic carbocycles. The lowest BCUT2D eigenvalue weighted by atomic mass is 9.88. The van der Waals surface area contributed by atoms with Gasteiger partial charge < -0.3 is 21.1 Å². The van der Waals surface area contributed by atoms with E-state index in [9.17, 15) is 27.9 Å². The van der Waals surface area contributed by atoms with Crippen molar-refractivity contribution in [3.8, 4) is 0 Å². The van der Waals surface area contributed by atoms with Crippen LogP contribution in [0, 0.1) is 0 Å². The SMILES string of the molecule is CCc1cc(C2CCN(C(=O)O)CC2)ccc1Nc1ncc(C(F)(F)F)c(C(CC(N)=O)Cc2ccccc2)n1. The van der Waals surface area contributed by atoms with Gasteiger partial charge in [-0.2, -0.15) is 13.2 Å². The number of hydrogen-bond donors (Lipinski definition) is 3. The predicted molar refractivity (Wildman–Crippen MR) is 144 cm³/mol. The molecule has 2 heterocycles. The van der Waals surface area contributed by atoms with E-state index in [1.54, 1.807) is 30.3 Å². The molecule has 1 saturated heterocycles. The van der Waals surface area contributed by atoms with Crippen LogP contribution in [-0.4, -0.2) is 45.1 Å².